The third-order valence-electron chi connectivity index (χ3n) is 4.89. The Bertz CT molecular complexity index is 894. The van der Waals surface area contributed by atoms with Crippen molar-refractivity contribution in [2.75, 3.05) is 48.5 Å². The van der Waals surface area contributed by atoms with Gasteiger partial charge in [0.25, 0.3) is 0 Å². The Hall–Kier alpha value is -3.32. The van der Waals surface area contributed by atoms with Crippen LogP contribution in [0.1, 0.15) is 17.2 Å². The molecule has 31 heavy (non-hydrogen) atoms. The summed E-state index contributed by atoms with van der Waals surface area (Å²) in [7, 11) is 8.74. The summed E-state index contributed by atoms with van der Waals surface area (Å²) in [6.07, 6.45) is 3.15. The lowest BCUT2D eigenvalue weighted by molar-refractivity contribution is -0.131. The molecule has 0 saturated heterocycles. The lowest BCUT2D eigenvalue weighted by Crippen LogP contribution is -2.41. The van der Waals surface area contributed by atoms with Gasteiger partial charge >= 0.3 is 0 Å². The van der Waals surface area contributed by atoms with E-state index < -0.39 is 0 Å². The summed E-state index contributed by atoms with van der Waals surface area (Å²) in [6, 6.07) is 15.2. The van der Waals surface area contributed by atoms with E-state index >= 15 is 0 Å². The van der Waals surface area contributed by atoms with E-state index in [4.69, 9.17) is 9.47 Å². The van der Waals surface area contributed by atoms with Crippen LogP contribution in [0.5, 0.6) is 11.5 Å². The van der Waals surface area contributed by atoms with Gasteiger partial charge < -0.3 is 24.6 Å². The number of ether oxygens (including phenoxy) is 2. The summed E-state index contributed by atoms with van der Waals surface area (Å²) in [6.45, 7) is 0.407. The number of benzene rings is 2. The Morgan fingerprint density at radius 3 is 2.29 bits per heavy atom. The monoisotopic (exact) mass is 425 g/mol. The number of carbonyl (C=O) groups is 2. The highest BCUT2D eigenvalue weighted by Crippen LogP contribution is 2.20. The quantitative estimate of drug-likeness (QED) is 0.593. The molecule has 0 spiro atoms. The van der Waals surface area contributed by atoms with E-state index in [1.165, 1.54) is 11.0 Å². The largest absolute Gasteiger partial charge is 0.497 e. The second-order valence-electron chi connectivity index (χ2n) is 7.36. The van der Waals surface area contributed by atoms with Crippen molar-refractivity contribution in [2.45, 2.75) is 6.04 Å². The van der Waals surface area contributed by atoms with E-state index in [2.05, 4.69) is 5.32 Å². The minimum atomic E-state index is -0.253. The number of carbonyl (C=O) groups excluding carboxylic acids is 2. The Balaban J connectivity index is 1.89. The molecule has 2 amide bonds. The molecule has 0 aromatic heterocycles. The van der Waals surface area contributed by atoms with Crippen molar-refractivity contribution >= 4 is 17.9 Å². The van der Waals surface area contributed by atoms with Gasteiger partial charge in [0.1, 0.15) is 11.5 Å². The van der Waals surface area contributed by atoms with Crippen LogP contribution < -0.4 is 14.8 Å². The average Bonchev–Trinajstić information content (AvgIpc) is 2.77. The Kier molecular flexibility index (Phi) is 9.09. The molecule has 0 aliphatic heterocycles. The highest BCUT2D eigenvalue weighted by molar-refractivity contribution is 5.94. The smallest absolute Gasteiger partial charge is 0.246 e. The highest BCUT2D eigenvalue weighted by Gasteiger charge is 2.17. The predicted molar refractivity (Wildman–Crippen MR) is 122 cm³/mol. The summed E-state index contributed by atoms with van der Waals surface area (Å²) < 4.78 is 10.4. The number of hydrogen-bond donors (Lipinski definition) is 1. The van der Waals surface area contributed by atoms with Crippen molar-refractivity contribution in [1.29, 1.82) is 0 Å². The standard InChI is InChI=1S/C24H31N3O4/c1-26(2)22(19-10-12-20(30-4)13-11-19)16-25-23(28)17-27(3)24(29)14-9-18-7-6-8-21(15-18)31-5/h6-15,22H,16-17H2,1-5H3,(H,25,28)/b14-9+. The van der Waals surface area contributed by atoms with Gasteiger partial charge in [-0.1, -0.05) is 24.3 Å². The Morgan fingerprint density at radius 1 is 1.00 bits per heavy atom. The molecule has 0 aliphatic rings. The molecule has 0 aliphatic carbocycles. The van der Waals surface area contributed by atoms with Gasteiger partial charge in [-0.05, 0) is 55.6 Å². The van der Waals surface area contributed by atoms with Crippen molar-refractivity contribution in [3.63, 3.8) is 0 Å². The third kappa shape index (κ3) is 7.46. The van der Waals surface area contributed by atoms with Crippen LogP contribution in [-0.4, -0.2) is 70.1 Å². The fraction of sp³-hybridized carbons (Fsp3) is 0.333. The Morgan fingerprint density at radius 2 is 1.68 bits per heavy atom. The molecule has 0 heterocycles. The molecular weight excluding hydrogens is 394 g/mol. The van der Waals surface area contributed by atoms with E-state index in [9.17, 15) is 9.59 Å². The first-order valence-electron chi connectivity index (χ1n) is 9.98. The fourth-order valence-corrected chi connectivity index (χ4v) is 3.02. The van der Waals surface area contributed by atoms with E-state index in [-0.39, 0.29) is 24.4 Å². The molecule has 7 nitrogen and oxygen atoms in total. The number of nitrogens with one attached hydrogen (secondary N) is 1. The van der Waals surface area contributed by atoms with Gasteiger partial charge in [0.05, 0.1) is 26.8 Å². The van der Waals surface area contributed by atoms with Crippen LogP contribution in [0, 0.1) is 0 Å². The van der Waals surface area contributed by atoms with Crippen molar-refractivity contribution in [2.24, 2.45) is 0 Å². The molecule has 1 atom stereocenters. The van der Waals surface area contributed by atoms with E-state index in [0.29, 0.717) is 6.54 Å². The second kappa shape index (κ2) is 11.8. The van der Waals surface area contributed by atoms with E-state index in [1.807, 2.05) is 67.5 Å². The van der Waals surface area contributed by atoms with Crippen molar-refractivity contribution in [1.82, 2.24) is 15.1 Å². The van der Waals surface area contributed by atoms with Gasteiger partial charge in [-0.15, -0.1) is 0 Å². The molecule has 7 heteroatoms. The summed E-state index contributed by atoms with van der Waals surface area (Å²) >= 11 is 0. The van der Waals surface area contributed by atoms with Gasteiger partial charge in [-0.25, -0.2) is 0 Å². The SMILES string of the molecule is COc1ccc(C(CNC(=O)CN(C)C(=O)/C=C/c2cccc(OC)c2)N(C)C)cc1. The molecule has 166 valence electrons. The zero-order valence-electron chi connectivity index (χ0n) is 18.8. The molecule has 1 N–H and O–H groups in total. The van der Waals surface area contributed by atoms with Gasteiger partial charge in [0.2, 0.25) is 11.8 Å². The molecule has 2 aromatic rings. The van der Waals surface area contributed by atoms with Gasteiger partial charge in [0.15, 0.2) is 0 Å². The molecule has 0 radical (unpaired) electrons. The second-order valence-corrected chi connectivity index (χ2v) is 7.36. The van der Waals surface area contributed by atoms with Crippen LogP contribution in [0.4, 0.5) is 0 Å². The average molecular weight is 426 g/mol. The van der Waals surface area contributed by atoms with Crippen LogP contribution in [0.2, 0.25) is 0 Å². The lowest BCUT2D eigenvalue weighted by atomic mass is 10.1. The van der Waals surface area contributed by atoms with E-state index in [0.717, 1.165) is 22.6 Å². The lowest BCUT2D eigenvalue weighted by Gasteiger charge is -2.25. The first-order valence-corrected chi connectivity index (χ1v) is 9.98. The van der Waals surface area contributed by atoms with E-state index in [1.54, 1.807) is 27.3 Å². The maximum Gasteiger partial charge on any atom is 0.246 e. The number of likely N-dealkylation sites (N-methyl/N-ethyl adjacent to an activating group) is 2. The number of nitrogens with zero attached hydrogens (tertiary/aromatic N) is 2. The van der Waals surface area contributed by atoms with Crippen molar-refractivity contribution in [3.8, 4) is 11.5 Å². The summed E-state index contributed by atoms with van der Waals surface area (Å²) in [4.78, 5) is 28.1. The van der Waals surface area contributed by atoms with Crippen molar-refractivity contribution in [3.05, 3.63) is 65.7 Å². The predicted octanol–water partition coefficient (Wildman–Crippen LogP) is 2.59. The topological polar surface area (TPSA) is 71.1 Å². The number of amides is 2. The zero-order valence-corrected chi connectivity index (χ0v) is 18.8. The molecule has 0 fully saturated rings. The summed E-state index contributed by atoms with van der Waals surface area (Å²) in [5, 5.41) is 2.92. The van der Waals surface area contributed by atoms with Crippen LogP contribution in [0.25, 0.3) is 6.08 Å². The molecule has 2 aromatic carbocycles. The summed E-state index contributed by atoms with van der Waals surface area (Å²) in [5.41, 5.74) is 1.91. The van der Waals surface area contributed by atoms with Gasteiger partial charge in [0, 0.05) is 19.7 Å². The number of rotatable bonds is 10. The third-order valence-corrected chi connectivity index (χ3v) is 4.89. The maximum absolute atomic E-state index is 12.4. The van der Waals surface area contributed by atoms with Gasteiger partial charge in [-0.3, -0.25) is 9.59 Å². The maximum atomic E-state index is 12.4. The normalized spacial score (nSPS) is 11.9. The molecular formula is C24H31N3O4. The summed E-state index contributed by atoms with van der Waals surface area (Å²) in [5.74, 6) is 1.03. The molecule has 2 rings (SSSR count). The molecule has 0 bridgehead atoms. The highest BCUT2D eigenvalue weighted by atomic mass is 16.5. The zero-order chi connectivity index (χ0) is 22.8. The van der Waals surface area contributed by atoms with Crippen LogP contribution >= 0.6 is 0 Å². The molecule has 1 unspecified atom stereocenters. The Labute approximate surface area is 184 Å². The van der Waals surface area contributed by atoms with Crippen LogP contribution in [0.3, 0.4) is 0 Å². The first kappa shape index (κ1) is 24.0. The fourth-order valence-electron chi connectivity index (χ4n) is 3.02. The first-order chi connectivity index (χ1) is 14.8. The van der Waals surface area contributed by atoms with Gasteiger partial charge in [-0.2, -0.15) is 0 Å². The minimum absolute atomic E-state index is 0.00354. The van der Waals surface area contributed by atoms with Crippen LogP contribution in [0.15, 0.2) is 54.6 Å². The number of hydrogen-bond acceptors (Lipinski definition) is 5. The minimum Gasteiger partial charge on any atom is -0.497 e. The molecule has 0 saturated carbocycles. The van der Waals surface area contributed by atoms with Crippen LogP contribution in [-0.2, 0) is 9.59 Å². The number of methoxy groups -OCH3 is 2. The van der Waals surface area contributed by atoms with Crippen molar-refractivity contribution < 1.29 is 19.1 Å².